The normalized spacial score (nSPS) is 13.4. The third kappa shape index (κ3) is 47.3. The summed E-state index contributed by atoms with van der Waals surface area (Å²) >= 11 is 0. The molecule has 0 heterocycles. The number of hydrogen-bond donors (Lipinski definition) is 1. The summed E-state index contributed by atoms with van der Waals surface area (Å²) < 4.78 is 11.2. The number of allylic oxidation sites excluding steroid dienone is 18. The Hall–Kier alpha value is -2.95. The van der Waals surface area contributed by atoms with Gasteiger partial charge in [0.15, 0.2) is 0 Å². The lowest BCUT2D eigenvalue weighted by Crippen LogP contribution is -2.27. The van der Waals surface area contributed by atoms with Gasteiger partial charge in [0.2, 0.25) is 0 Å². The molecule has 1 atom stereocenters. The summed E-state index contributed by atoms with van der Waals surface area (Å²) in [5.74, 6) is -0.218. The Morgan fingerprint density at radius 3 is 1.11 bits per heavy atom. The highest BCUT2D eigenvalue weighted by molar-refractivity contribution is 5.69. The number of ether oxygens (including phenoxy) is 2. The first kappa shape index (κ1) is 54.1. The molecule has 57 heavy (non-hydrogen) atoms. The van der Waals surface area contributed by atoms with Crippen molar-refractivity contribution in [1.29, 1.82) is 0 Å². The summed E-state index contributed by atoms with van der Waals surface area (Å²) in [5, 5.41) is 9.64. The molecule has 0 fully saturated rings. The van der Waals surface area contributed by atoms with Gasteiger partial charge in [-0.1, -0.05) is 200 Å². The third-order valence-corrected chi connectivity index (χ3v) is 9.59. The molecule has 0 aliphatic rings. The average Bonchev–Trinajstić information content (AvgIpc) is 3.22. The SMILES string of the molecule is CC/C=C\C/C=C\C/C=C\C/C=C\C/C=C\CCCCCCCCCC(=O)OC(CO)COCCCCCCCCCCC/C=C\C/C=C\C/C=C\C/C=C\CC. The van der Waals surface area contributed by atoms with Gasteiger partial charge in [-0.2, -0.15) is 0 Å². The standard InChI is InChI=1S/C53H88O4/c1-3-5-7-9-11-13-15-17-19-21-23-25-27-28-30-32-34-36-38-40-42-44-46-48-53(55)57-52(50-54)51-56-49-47-45-43-41-39-37-35-33-31-29-26-24-22-20-18-16-14-12-10-8-6-4-2/h5-8,11-14,17-20,23-26,28,30,52,54H,3-4,9-10,15-16,21-22,27,29,31-51H2,1-2H3/b7-5-,8-6-,13-11-,14-12-,19-17-,20-18-,25-23-,26-24-,30-28-. The summed E-state index contributed by atoms with van der Waals surface area (Å²) in [4.78, 5) is 12.3. The Morgan fingerprint density at radius 1 is 0.421 bits per heavy atom. The van der Waals surface area contributed by atoms with Crippen molar-refractivity contribution in [3.05, 3.63) is 109 Å². The fraction of sp³-hybridized carbons (Fsp3) is 0.642. The lowest BCUT2D eigenvalue weighted by molar-refractivity contribution is -0.154. The largest absolute Gasteiger partial charge is 0.457 e. The monoisotopic (exact) mass is 789 g/mol. The molecule has 0 saturated carbocycles. The Balaban J connectivity index is 3.51. The van der Waals surface area contributed by atoms with Crippen molar-refractivity contribution in [2.75, 3.05) is 19.8 Å². The van der Waals surface area contributed by atoms with Gasteiger partial charge in [-0.15, -0.1) is 0 Å². The molecule has 1 N–H and O–H groups in total. The number of carbonyl (C=O) groups excluding carboxylic acids is 1. The number of hydrogen-bond acceptors (Lipinski definition) is 4. The van der Waals surface area contributed by atoms with E-state index in [4.69, 9.17) is 9.47 Å². The van der Waals surface area contributed by atoms with Crippen LogP contribution in [0.15, 0.2) is 109 Å². The van der Waals surface area contributed by atoms with Crippen molar-refractivity contribution in [1.82, 2.24) is 0 Å². The predicted octanol–water partition coefficient (Wildman–Crippen LogP) is 15.9. The molecule has 0 aliphatic heterocycles. The van der Waals surface area contributed by atoms with Crippen LogP contribution in [0.1, 0.15) is 194 Å². The third-order valence-electron chi connectivity index (χ3n) is 9.59. The fourth-order valence-electron chi connectivity index (χ4n) is 6.17. The molecule has 0 rings (SSSR count). The van der Waals surface area contributed by atoms with E-state index in [1.54, 1.807) is 0 Å². The maximum atomic E-state index is 12.3. The van der Waals surface area contributed by atoms with Crippen molar-refractivity contribution in [2.45, 2.75) is 200 Å². The Kier molecular flexibility index (Phi) is 46.7. The van der Waals surface area contributed by atoms with E-state index in [-0.39, 0.29) is 19.2 Å². The molecule has 0 aromatic carbocycles. The van der Waals surface area contributed by atoms with Crippen LogP contribution in [0, 0.1) is 0 Å². The van der Waals surface area contributed by atoms with E-state index in [9.17, 15) is 9.90 Å². The van der Waals surface area contributed by atoms with E-state index in [0.29, 0.717) is 13.0 Å². The molecule has 0 bridgehead atoms. The Bertz CT molecular complexity index is 1100. The number of unbranched alkanes of at least 4 members (excludes halogenated alkanes) is 16. The first-order chi connectivity index (χ1) is 28.2. The minimum Gasteiger partial charge on any atom is -0.457 e. The van der Waals surface area contributed by atoms with Crippen molar-refractivity contribution in [2.24, 2.45) is 0 Å². The van der Waals surface area contributed by atoms with E-state index in [2.05, 4.69) is 123 Å². The van der Waals surface area contributed by atoms with Crippen LogP contribution in [0.5, 0.6) is 0 Å². The molecule has 0 radical (unpaired) electrons. The number of aliphatic hydroxyl groups is 1. The van der Waals surface area contributed by atoms with Gasteiger partial charge in [0, 0.05) is 13.0 Å². The summed E-state index contributed by atoms with van der Waals surface area (Å²) in [6.45, 7) is 5.08. The number of rotatable bonds is 42. The quantitative estimate of drug-likeness (QED) is 0.0380. The van der Waals surface area contributed by atoms with Gasteiger partial charge in [0.25, 0.3) is 0 Å². The smallest absolute Gasteiger partial charge is 0.306 e. The molecule has 0 aliphatic carbocycles. The molecule has 4 nitrogen and oxygen atoms in total. The average molecular weight is 789 g/mol. The first-order valence-corrected chi connectivity index (χ1v) is 23.5. The number of aliphatic hydroxyl groups excluding tert-OH is 1. The van der Waals surface area contributed by atoms with Crippen molar-refractivity contribution < 1.29 is 19.4 Å². The van der Waals surface area contributed by atoms with Gasteiger partial charge in [0.1, 0.15) is 6.10 Å². The molecule has 4 heteroatoms. The van der Waals surface area contributed by atoms with Gasteiger partial charge in [-0.25, -0.2) is 0 Å². The molecule has 0 aromatic rings. The van der Waals surface area contributed by atoms with Crippen LogP contribution in [0.4, 0.5) is 0 Å². The van der Waals surface area contributed by atoms with Crippen LogP contribution in [0.2, 0.25) is 0 Å². The molecular weight excluding hydrogens is 701 g/mol. The first-order valence-electron chi connectivity index (χ1n) is 23.5. The summed E-state index contributed by atoms with van der Waals surface area (Å²) in [6.07, 6.45) is 71.6. The Labute approximate surface area is 353 Å². The molecule has 0 spiro atoms. The highest BCUT2D eigenvalue weighted by Gasteiger charge is 2.13. The zero-order chi connectivity index (χ0) is 41.2. The van der Waals surface area contributed by atoms with Crippen LogP contribution in [-0.2, 0) is 14.3 Å². The second-order valence-corrected chi connectivity index (χ2v) is 15.1. The van der Waals surface area contributed by atoms with Crippen LogP contribution in [0.25, 0.3) is 0 Å². The fourth-order valence-corrected chi connectivity index (χ4v) is 6.17. The second-order valence-electron chi connectivity index (χ2n) is 15.1. The molecule has 0 aromatic heterocycles. The van der Waals surface area contributed by atoms with Gasteiger partial charge in [0.05, 0.1) is 13.2 Å². The van der Waals surface area contributed by atoms with Crippen LogP contribution in [-0.4, -0.2) is 37.0 Å². The molecule has 324 valence electrons. The maximum absolute atomic E-state index is 12.3. The molecule has 1 unspecified atom stereocenters. The van der Waals surface area contributed by atoms with E-state index >= 15 is 0 Å². The minimum atomic E-state index is -0.552. The van der Waals surface area contributed by atoms with Crippen LogP contribution >= 0.6 is 0 Å². The van der Waals surface area contributed by atoms with Crippen LogP contribution in [0.3, 0.4) is 0 Å². The highest BCUT2D eigenvalue weighted by Crippen LogP contribution is 2.13. The summed E-state index contributed by atoms with van der Waals surface area (Å²) in [7, 11) is 0. The van der Waals surface area contributed by atoms with E-state index in [1.165, 1.54) is 83.5 Å². The van der Waals surface area contributed by atoms with E-state index in [0.717, 1.165) is 89.9 Å². The Morgan fingerprint density at radius 2 is 0.737 bits per heavy atom. The summed E-state index contributed by atoms with van der Waals surface area (Å²) in [6, 6.07) is 0. The maximum Gasteiger partial charge on any atom is 0.306 e. The van der Waals surface area contributed by atoms with E-state index < -0.39 is 6.10 Å². The number of carbonyl (C=O) groups is 1. The van der Waals surface area contributed by atoms with Crippen LogP contribution < -0.4 is 0 Å². The molecule has 0 amide bonds. The second kappa shape index (κ2) is 49.2. The van der Waals surface area contributed by atoms with Crippen molar-refractivity contribution >= 4 is 5.97 Å². The number of esters is 1. The lowest BCUT2D eigenvalue weighted by atomic mass is 10.1. The van der Waals surface area contributed by atoms with E-state index in [1.807, 2.05) is 0 Å². The molecular formula is C53H88O4. The predicted molar refractivity (Wildman–Crippen MR) is 251 cm³/mol. The topological polar surface area (TPSA) is 55.8 Å². The van der Waals surface area contributed by atoms with Crippen molar-refractivity contribution in [3.8, 4) is 0 Å². The summed E-state index contributed by atoms with van der Waals surface area (Å²) in [5.41, 5.74) is 0. The zero-order valence-corrected chi connectivity index (χ0v) is 37.1. The minimum absolute atomic E-state index is 0.186. The zero-order valence-electron chi connectivity index (χ0n) is 37.1. The van der Waals surface area contributed by atoms with Gasteiger partial charge in [-0.05, 0) is 96.3 Å². The lowest BCUT2D eigenvalue weighted by Gasteiger charge is -2.16. The van der Waals surface area contributed by atoms with Gasteiger partial charge < -0.3 is 14.6 Å². The van der Waals surface area contributed by atoms with Crippen molar-refractivity contribution in [3.63, 3.8) is 0 Å². The van der Waals surface area contributed by atoms with Gasteiger partial charge >= 0.3 is 5.97 Å². The molecule has 0 saturated heterocycles. The highest BCUT2D eigenvalue weighted by atomic mass is 16.6. The van der Waals surface area contributed by atoms with Gasteiger partial charge in [-0.3, -0.25) is 4.79 Å².